The summed E-state index contributed by atoms with van der Waals surface area (Å²) in [5.41, 5.74) is 11.4. The molecule has 3 heterocycles. The molecule has 10 heteroatoms. The van der Waals surface area contributed by atoms with Crippen LogP contribution in [0.15, 0.2) is 41.2 Å². The lowest BCUT2D eigenvalue weighted by molar-refractivity contribution is -0.129. The summed E-state index contributed by atoms with van der Waals surface area (Å²) < 4.78 is 21.0. The van der Waals surface area contributed by atoms with E-state index in [9.17, 15) is 23.9 Å². The highest BCUT2D eigenvalue weighted by Crippen LogP contribution is 2.41. The predicted molar refractivity (Wildman–Crippen MR) is 157 cm³/mol. The van der Waals surface area contributed by atoms with E-state index < -0.39 is 12.0 Å². The lowest BCUT2D eigenvalue weighted by Gasteiger charge is -2.21. The van der Waals surface area contributed by atoms with E-state index in [1.807, 2.05) is 13.8 Å². The number of carbonyl (C=O) groups excluding carboxylic acids is 2. The number of rotatable bonds is 5. The van der Waals surface area contributed by atoms with Crippen LogP contribution in [0.4, 0.5) is 4.39 Å². The molecule has 1 amide bonds. The molecule has 0 saturated heterocycles. The number of aryl methyl sites for hydroxylation is 2. The van der Waals surface area contributed by atoms with E-state index in [4.69, 9.17) is 20.6 Å². The summed E-state index contributed by atoms with van der Waals surface area (Å²) in [5, 5.41) is 20.0. The number of amides is 1. The molecule has 9 nitrogen and oxygen atoms in total. The summed E-state index contributed by atoms with van der Waals surface area (Å²) in [7, 11) is 0. The molecule has 1 unspecified atom stereocenters. The number of nitrogens with zero attached hydrogens (tertiary/aromatic N) is 2. The number of aliphatic hydroxyl groups excluding tert-OH is 1. The van der Waals surface area contributed by atoms with Crippen LogP contribution in [-0.2, 0) is 35.5 Å². The molecular formula is C32H34FN3O6. The molecule has 0 bridgehead atoms. The van der Waals surface area contributed by atoms with Crippen molar-refractivity contribution in [3.8, 4) is 17.1 Å². The normalized spacial score (nSPS) is 13.1. The number of nitrogens with two attached hydrogens (primary N) is 1. The number of halogens is 1. The van der Waals surface area contributed by atoms with Crippen LogP contribution >= 0.6 is 0 Å². The molecule has 1 aliphatic heterocycles. The summed E-state index contributed by atoms with van der Waals surface area (Å²) >= 11 is 0. The Balaban J connectivity index is 0.000000285. The van der Waals surface area contributed by atoms with E-state index in [0.717, 1.165) is 41.3 Å². The molecular weight excluding hydrogens is 541 g/mol. The van der Waals surface area contributed by atoms with Crippen molar-refractivity contribution in [3.05, 3.63) is 91.5 Å². The van der Waals surface area contributed by atoms with Crippen LogP contribution in [0.25, 0.3) is 22.3 Å². The first kappa shape index (κ1) is 30.4. The summed E-state index contributed by atoms with van der Waals surface area (Å²) in [6.45, 7) is 7.82. The van der Waals surface area contributed by atoms with Gasteiger partial charge in [0, 0.05) is 22.6 Å². The number of aliphatic hydroxyl groups is 1. The van der Waals surface area contributed by atoms with Gasteiger partial charge >= 0.3 is 0 Å². The Hall–Kier alpha value is -4.57. The number of hydrogen-bond acceptors (Lipinski definition) is 7. The molecule has 1 atom stereocenters. The summed E-state index contributed by atoms with van der Waals surface area (Å²) in [6.07, 6.45) is 1.68. The molecule has 4 N–H and O–H groups in total. The van der Waals surface area contributed by atoms with E-state index in [0.29, 0.717) is 40.1 Å². The molecule has 1 aliphatic carbocycles. The van der Waals surface area contributed by atoms with Gasteiger partial charge in [-0.25, -0.2) is 9.37 Å². The first-order chi connectivity index (χ1) is 20.1. The van der Waals surface area contributed by atoms with Crippen molar-refractivity contribution in [1.82, 2.24) is 9.55 Å². The number of fused-ring (bicyclic) bond motifs is 4. The maximum Gasteiger partial charge on any atom is 0.293 e. The number of benzene rings is 2. The number of phenols is 1. The minimum absolute atomic E-state index is 0.130. The monoisotopic (exact) mass is 575 g/mol. The number of carbonyl (C=O) groups is 2. The number of phenolic OH excluding ortho intramolecular Hbond substituents is 1. The minimum atomic E-state index is -0.914. The quantitative estimate of drug-likeness (QED) is 0.260. The van der Waals surface area contributed by atoms with Gasteiger partial charge < -0.3 is 25.3 Å². The minimum Gasteiger partial charge on any atom is -0.508 e. The first-order valence-electron chi connectivity index (χ1n) is 13.8. The van der Waals surface area contributed by atoms with Crippen molar-refractivity contribution in [2.75, 3.05) is 0 Å². The van der Waals surface area contributed by atoms with Gasteiger partial charge in [-0.15, -0.1) is 0 Å². The number of pyridine rings is 2. The van der Waals surface area contributed by atoms with Gasteiger partial charge in [0.25, 0.3) is 12.0 Å². The molecule has 6 rings (SSSR count). The fraction of sp³-hybridized carbons (Fsp3) is 0.312. The van der Waals surface area contributed by atoms with Crippen molar-refractivity contribution in [1.29, 1.82) is 0 Å². The molecule has 4 aromatic rings. The van der Waals surface area contributed by atoms with Gasteiger partial charge in [0.2, 0.25) is 5.91 Å². The van der Waals surface area contributed by atoms with E-state index in [1.165, 1.54) is 30.3 Å². The third kappa shape index (κ3) is 5.49. The van der Waals surface area contributed by atoms with Crippen LogP contribution in [0, 0.1) is 12.7 Å². The fourth-order valence-corrected chi connectivity index (χ4v) is 5.59. The van der Waals surface area contributed by atoms with Crippen LogP contribution in [0.1, 0.15) is 77.0 Å². The highest BCUT2D eigenvalue weighted by Gasteiger charge is 2.31. The highest BCUT2D eigenvalue weighted by molar-refractivity contribution is 5.93. The zero-order valence-corrected chi connectivity index (χ0v) is 24.0. The van der Waals surface area contributed by atoms with E-state index in [-0.39, 0.29) is 35.8 Å². The standard InChI is InChI=1S/C23H21FN2O4.C7H7NO2.C2H6/c1-11-13-4-3-5-14-16-8-26-20(22(16)25-19(21(13)14)7-18(11)24)6-15(12(2)28)17(23(26)29)9-30-10-27;8-7(10)5-1-3-6(9)4-2-5;1-2/h6-7,10,12,28H,3-5,8-9H2,1-2H3;1-4,9H,(H2,8,10);1-2H3. The Kier molecular flexibility index (Phi) is 9.06. The van der Waals surface area contributed by atoms with Crippen molar-refractivity contribution >= 4 is 23.3 Å². The van der Waals surface area contributed by atoms with Crippen LogP contribution < -0.4 is 11.3 Å². The molecule has 2 aliphatic rings. The van der Waals surface area contributed by atoms with Crippen LogP contribution in [0.5, 0.6) is 5.75 Å². The van der Waals surface area contributed by atoms with Gasteiger partial charge in [0.05, 0.1) is 35.1 Å². The number of ether oxygens (including phenoxy) is 1. The number of aromatic nitrogens is 2. The lowest BCUT2D eigenvalue weighted by Crippen LogP contribution is -2.26. The van der Waals surface area contributed by atoms with E-state index >= 15 is 0 Å². The van der Waals surface area contributed by atoms with E-state index in [2.05, 4.69) is 0 Å². The second-order valence-corrected chi connectivity index (χ2v) is 9.98. The lowest BCUT2D eigenvalue weighted by atomic mass is 9.85. The SMILES string of the molecule is CC.Cc1c(F)cc2nc3c(c4c2c1CCC4)Cn1c-3cc(C(C)O)c(COC=O)c1=O.NC(=O)c1ccc(O)cc1. The second kappa shape index (κ2) is 12.5. The fourth-order valence-electron chi connectivity index (χ4n) is 5.59. The molecule has 0 saturated carbocycles. The molecule has 0 fully saturated rings. The van der Waals surface area contributed by atoms with Crippen molar-refractivity contribution in [2.45, 2.75) is 66.2 Å². The van der Waals surface area contributed by atoms with Gasteiger partial charge in [0.1, 0.15) is 18.2 Å². The Morgan fingerprint density at radius 3 is 2.45 bits per heavy atom. The van der Waals surface area contributed by atoms with Gasteiger partial charge in [0.15, 0.2) is 0 Å². The smallest absolute Gasteiger partial charge is 0.293 e. The second-order valence-electron chi connectivity index (χ2n) is 9.98. The van der Waals surface area contributed by atoms with Gasteiger partial charge in [-0.3, -0.25) is 14.4 Å². The van der Waals surface area contributed by atoms with Crippen LogP contribution in [0.3, 0.4) is 0 Å². The van der Waals surface area contributed by atoms with Crippen LogP contribution in [0.2, 0.25) is 0 Å². The summed E-state index contributed by atoms with van der Waals surface area (Å²) in [5.74, 6) is -0.621. The molecule has 220 valence electrons. The Morgan fingerprint density at radius 2 is 1.83 bits per heavy atom. The summed E-state index contributed by atoms with van der Waals surface area (Å²) in [6, 6.07) is 8.99. The van der Waals surface area contributed by atoms with Gasteiger partial charge in [-0.2, -0.15) is 0 Å². The summed E-state index contributed by atoms with van der Waals surface area (Å²) in [4.78, 5) is 39.1. The topological polar surface area (TPSA) is 145 Å². The third-order valence-electron chi connectivity index (χ3n) is 7.56. The highest BCUT2D eigenvalue weighted by atomic mass is 19.1. The van der Waals surface area contributed by atoms with Crippen LogP contribution in [-0.4, -0.2) is 32.1 Å². The maximum atomic E-state index is 14.5. The average molecular weight is 576 g/mol. The number of primary amides is 1. The average Bonchev–Trinajstić information content (AvgIpc) is 3.36. The molecule has 0 radical (unpaired) electrons. The predicted octanol–water partition coefficient (Wildman–Crippen LogP) is 4.61. The molecule has 2 aromatic heterocycles. The number of hydrogen-bond donors (Lipinski definition) is 3. The Labute approximate surface area is 242 Å². The van der Waals surface area contributed by atoms with E-state index in [1.54, 1.807) is 24.5 Å². The molecule has 0 spiro atoms. The van der Waals surface area contributed by atoms with Crippen molar-refractivity contribution in [2.24, 2.45) is 5.73 Å². The third-order valence-corrected chi connectivity index (χ3v) is 7.56. The molecule has 42 heavy (non-hydrogen) atoms. The molecule has 2 aromatic carbocycles. The Morgan fingerprint density at radius 1 is 1.17 bits per heavy atom. The number of aromatic hydroxyl groups is 1. The Bertz CT molecular complexity index is 1730. The largest absolute Gasteiger partial charge is 0.508 e. The van der Waals surface area contributed by atoms with Crippen molar-refractivity contribution < 1.29 is 28.9 Å². The first-order valence-corrected chi connectivity index (χ1v) is 13.8. The van der Waals surface area contributed by atoms with Gasteiger partial charge in [-0.1, -0.05) is 13.8 Å². The maximum absolute atomic E-state index is 14.5. The zero-order chi connectivity index (χ0) is 30.7. The zero-order valence-electron chi connectivity index (χ0n) is 24.0. The van der Waals surface area contributed by atoms with Crippen molar-refractivity contribution in [3.63, 3.8) is 0 Å². The van der Waals surface area contributed by atoms with Gasteiger partial charge in [-0.05, 0) is 85.7 Å².